The third-order valence-corrected chi connectivity index (χ3v) is 7.00. The van der Waals surface area contributed by atoms with Crippen molar-refractivity contribution in [1.82, 2.24) is 9.88 Å². The summed E-state index contributed by atoms with van der Waals surface area (Å²) in [5.74, 6) is 1.31. The predicted octanol–water partition coefficient (Wildman–Crippen LogP) is 5.67. The van der Waals surface area contributed by atoms with Crippen LogP contribution in [0.3, 0.4) is 0 Å². The van der Waals surface area contributed by atoms with Crippen molar-refractivity contribution in [2.75, 3.05) is 31.1 Å². The Kier molecular flexibility index (Phi) is 5.53. The van der Waals surface area contributed by atoms with E-state index in [0.717, 1.165) is 29.5 Å². The van der Waals surface area contributed by atoms with Crippen molar-refractivity contribution in [3.05, 3.63) is 83.4 Å². The Hall–Kier alpha value is -3.38. The average molecular weight is 444 g/mol. The number of aromatic nitrogens is 1. The van der Waals surface area contributed by atoms with E-state index >= 15 is 0 Å². The van der Waals surface area contributed by atoms with Crippen LogP contribution < -0.4 is 9.64 Å². The van der Waals surface area contributed by atoms with Crippen LogP contribution in [0.5, 0.6) is 11.5 Å². The summed E-state index contributed by atoms with van der Waals surface area (Å²) in [6, 6.07) is 21.4. The molecule has 1 fully saturated rings. The molecule has 32 heavy (non-hydrogen) atoms. The number of carbonyl (C=O) groups is 1. The number of para-hydroxylation sites is 2. The topological polar surface area (TPSA) is 45.7 Å². The van der Waals surface area contributed by atoms with Gasteiger partial charge in [0, 0.05) is 26.2 Å². The number of amides is 1. The molecule has 1 aliphatic heterocycles. The molecule has 4 aromatic rings. The van der Waals surface area contributed by atoms with Gasteiger partial charge in [-0.1, -0.05) is 47.7 Å². The summed E-state index contributed by atoms with van der Waals surface area (Å²) in [4.78, 5) is 22.4. The fraction of sp³-hybridized carbons (Fsp3) is 0.231. The average Bonchev–Trinajstić information content (AvgIpc) is 3.24. The molecule has 0 spiro atoms. The monoisotopic (exact) mass is 443 g/mol. The lowest BCUT2D eigenvalue weighted by molar-refractivity contribution is 0.0744. The molecule has 1 amide bonds. The zero-order chi connectivity index (χ0) is 22.1. The third kappa shape index (κ3) is 4.06. The Bertz CT molecular complexity index is 1260. The Morgan fingerprint density at radius 2 is 1.66 bits per heavy atom. The second-order valence-electron chi connectivity index (χ2n) is 8.12. The second kappa shape index (κ2) is 8.63. The van der Waals surface area contributed by atoms with Crippen molar-refractivity contribution in [3.63, 3.8) is 0 Å². The number of aryl methyl sites for hydroxylation is 2. The zero-order valence-corrected chi connectivity index (χ0v) is 19.1. The van der Waals surface area contributed by atoms with Crippen molar-refractivity contribution in [2.45, 2.75) is 13.8 Å². The summed E-state index contributed by atoms with van der Waals surface area (Å²) in [6.45, 7) is 7.10. The maximum absolute atomic E-state index is 13.3. The molecule has 0 N–H and O–H groups in total. The summed E-state index contributed by atoms with van der Waals surface area (Å²) in [7, 11) is 0. The molecule has 5 nitrogen and oxygen atoms in total. The van der Waals surface area contributed by atoms with Crippen LogP contribution in [0.15, 0.2) is 66.7 Å². The Labute approximate surface area is 191 Å². The number of anilines is 1. The van der Waals surface area contributed by atoms with Crippen LogP contribution in [0.4, 0.5) is 5.13 Å². The highest BCUT2D eigenvalue weighted by molar-refractivity contribution is 7.22. The van der Waals surface area contributed by atoms with Crippen molar-refractivity contribution in [3.8, 4) is 11.5 Å². The SMILES string of the molecule is Cc1cc(C)c2sc(N3CCN(C(=O)c4ccccc4Oc4ccccc4)CC3)nc2c1. The lowest BCUT2D eigenvalue weighted by atomic mass is 10.1. The Balaban J connectivity index is 1.30. The molecule has 1 aliphatic rings. The highest BCUT2D eigenvalue weighted by Crippen LogP contribution is 2.33. The standard InChI is InChI=1S/C26H25N3O2S/c1-18-16-19(2)24-22(17-18)27-26(32-24)29-14-12-28(13-15-29)25(30)21-10-6-7-11-23(21)31-20-8-4-3-5-9-20/h3-11,16-17H,12-15H2,1-2H3. The van der Waals surface area contributed by atoms with Crippen LogP contribution >= 0.6 is 11.3 Å². The Morgan fingerprint density at radius 3 is 2.44 bits per heavy atom. The molecule has 0 unspecified atom stereocenters. The molecule has 5 rings (SSSR count). The first-order valence-corrected chi connectivity index (χ1v) is 11.6. The zero-order valence-electron chi connectivity index (χ0n) is 18.2. The van der Waals surface area contributed by atoms with E-state index in [2.05, 4.69) is 30.9 Å². The predicted molar refractivity (Wildman–Crippen MR) is 130 cm³/mol. The van der Waals surface area contributed by atoms with Gasteiger partial charge in [0.05, 0.1) is 15.8 Å². The van der Waals surface area contributed by atoms with Gasteiger partial charge in [0.1, 0.15) is 11.5 Å². The molecule has 6 heteroatoms. The number of rotatable bonds is 4. The number of piperazine rings is 1. The molecule has 0 aliphatic carbocycles. The lowest BCUT2D eigenvalue weighted by Gasteiger charge is -2.34. The highest BCUT2D eigenvalue weighted by atomic mass is 32.1. The molecule has 1 saturated heterocycles. The minimum absolute atomic E-state index is 0.00644. The number of thiazole rings is 1. The number of carbonyl (C=O) groups excluding carboxylic acids is 1. The van der Waals surface area contributed by atoms with Gasteiger partial charge in [-0.25, -0.2) is 4.98 Å². The summed E-state index contributed by atoms with van der Waals surface area (Å²) < 4.78 is 7.25. The largest absolute Gasteiger partial charge is 0.457 e. The van der Waals surface area contributed by atoms with E-state index < -0.39 is 0 Å². The summed E-state index contributed by atoms with van der Waals surface area (Å²) in [6.07, 6.45) is 0. The van der Waals surface area contributed by atoms with Gasteiger partial charge in [0.2, 0.25) is 0 Å². The lowest BCUT2D eigenvalue weighted by Crippen LogP contribution is -2.48. The second-order valence-corrected chi connectivity index (χ2v) is 9.09. The van der Waals surface area contributed by atoms with Crippen molar-refractivity contribution < 1.29 is 9.53 Å². The van der Waals surface area contributed by atoms with Gasteiger partial charge in [0.25, 0.3) is 5.91 Å². The smallest absolute Gasteiger partial charge is 0.257 e. The number of hydrogen-bond acceptors (Lipinski definition) is 5. The van der Waals surface area contributed by atoms with E-state index in [0.29, 0.717) is 24.4 Å². The molecule has 3 aromatic carbocycles. The van der Waals surface area contributed by atoms with Gasteiger partial charge in [0.15, 0.2) is 5.13 Å². The van der Waals surface area contributed by atoms with E-state index in [1.807, 2.05) is 59.5 Å². The summed E-state index contributed by atoms with van der Waals surface area (Å²) in [5.41, 5.74) is 4.16. The first kappa shape index (κ1) is 20.5. The van der Waals surface area contributed by atoms with Gasteiger partial charge >= 0.3 is 0 Å². The number of fused-ring (bicyclic) bond motifs is 1. The van der Waals surface area contributed by atoms with E-state index in [4.69, 9.17) is 9.72 Å². The minimum Gasteiger partial charge on any atom is -0.457 e. The number of ether oxygens (including phenoxy) is 1. The molecule has 0 saturated carbocycles. The maximum atomic E-state index is 13.3. The fourth-order valence-electron chi connectivity index (χ4n) is 4.12. The fourth-order valence-corrected chi connectivity index (χ4v) is 5.19. The van der Waals surface area contributed by atoms with Crippen molar-refractivity contribution in [1.29, 1.82) is 0 Å². The van der Waals surface area contributed by atoms with E-state index in [9.17, 15) is 4.79 Å². The van der Waals surface area contributed by atoms with Gasteiger partial charge in [-0.15, -0.1) is 0 Å². The quantitative estimate of drug-likeness (QED) is 0.408. The van der Waals surface area contributed by atoms with Crippen LogP contribution in [0.2, 0.25) is 0 Å². The molecule has 0 bridgehead atoms. The molecular formula is C26H25N3O2S. The highest BCUT2D eigenvalue weighted by Gasteiger charge is 2.26. The maximum Gasteiger partial charge on any atom is 0.257 e. The minimum atomic E-state index is 0.00644. The van der Waals surface area contributed by atoms with E-state index in [1.54, 1.807) is 11.3 Å². The van der Waals surface area contributed by atoms with Crippen molar-refractivity contribution >= 4 is 32.6 Å². The summed E-state index contributed by atoms with van der Waals surface area (Å²) in [5, 5.41) is 1.04. The Morgan fingerprint density at radius 1 is 0.938 bits per heavy atom. The molecule has 0 atom stereocenters. The van der Waals surface area contributed by atoms with Gasteiger partial charge in [-0.2, -0.15) is 0 Å². The number of benzene rings is 3. The third-order valence-electron chi connectivity index (χ3n) is 5.73. The van der Waals surface area contributed by atoms with E-state index in [-0.39, 0.29) is 5.91 Å². The molecule has 162 valence electrons. The van der Waals surface area contributed by atoms with Gasteiger partial charge < -0.3 is 14.5 Å². The molecule has 0 radical (unpaired) electrons. The summed E-state index contributed by atoms with van der Waals surface area (Å²) >= 11 is 1.74. The van der Waals surface area contributed by atoms with Crippen LogP contribution in [-0.2, 0) is 0 Å². The first-order chi connectivity index (χ1) is 15.6. The number of hydrogen-bond donors (Lipinski definition) is 0. The molecule has 2 heterocycles. The first-order valence-electron chi connectivity index (χ1n) is 10.8. The van der Waals surface area contributed by atoms with Crippen LogP contribution in [0.25, 0.3) is 10.2 Å². The van der Waals surface area contributed by atoms with E-state index in [1.165, 1.54) is 15.8 Å². The normalized spacial score (nSPS) is 14.1. The van der Waals surface area contributed by atoms with Crippen LogP contribution in [-0.4, -0.2) is 42.0 Å². The molecule has 1 aromatic heterocycles. The van der Waals surface area contributed by atoms with Crippen LogP contribution in [0, 0.1) is 13.8 Å². The van der Waals surface area contributed by atoms with Crippen LogP contribution in [0.1, 0.15) is 21.5 Å². The van der Waals surface area contributed by atoms with Gasteiger partial charge in [-0.05, 0) is 55.3 Å². The molecular weight excluding hydrogens is 418 g/mol. The number of nitrogens with zero attached hydrogens (tertiary/aromatic N) is 3. The van der Waals surface area contributed by atoms with Crippen molar-refractivity contribution in [2.24, 2.45) is 0 Å². The van der Waals surface area contributed by atoms with Gasteiger partial charge in [-0.3, -0.25) is 4.79 Å².